The second-order valence-electron chi connectivity index (χ2n) is 7.76. The van der Waals surface area contributed by atoms with Crippen molar-refractivity contribution in [2.75, 3.05) is 26.3 Å². The van der Waals surface area contributed by atoms with Crippen LogP contribution in [-0.2, 0) is 24.4 Å². The summed E-state index contributed by atoms with van der Waals surface area (Å²) in [5.41, 5.74) is 2.96. The first kappa shape index (κ1) is 26.3. The molecule has 8 heteroatoms. The summed E-state index contributed by atoms with van der Waals surface area (Å²) in [5, 5.41) is 33.6. The van der Waals surface area contributed by atoms with Crippen LogP contribution in [0, 0.1) is 0 Å². The lowest BCUT2D eigenvalue weighted by Crippen LogP contribution is -2.23. The van der Waals surface area contributed by atoms with Gasteiger partial charge in [-0.05, 0) is 60.5 Å². The van der Waals surface area contributed by atoms with Crippen LogP contribution >= 0.6 is 23.2 Å². The standard InChI is InChI=1S/C26H29Cl2NO5/c27-23-2-1-3-24(28)22(23)17-33-12-13-34-21-7-4-18(5-8-21)10-11-29-15-26(32)19-6-9-25(31)20(14-19)16-30/h1-9,14,26,29-32H,10-13,15-17H2/t26-/m0/s1. The van der Waals surface area contributed by atoms with Crippen LogP contribution in [0.1, 0.15) is 28.4 Å². The fourth-order valence-electron chi connectivity index (χ4n) is 3.34. The quantitative estimate of drug-likeness (QED) is 0.252. The first-order valence-electron chi connectivity index (χ1n) is 11.0. The molecular formula is C26H29Cl2NO5. The normalized spacial score (nSPS) is 12.0. The van der Waals surface area contributed by atoms with Crippen molar-refractivity contribution in [3.05, 3.63) is 93.0 Å². The minimum atomic E-state index is -0.724. The monoisotopic (exact) mass is 505 g/mol. The number of aromatic hydroxyl groups is 1. The van der Waals surface area contributed by atoms with Crippen molar-refractivity contribution in [2.45, 2.75) is 25.7 Å². The second-order valence-corrected chi connectivity index (χ2v) is 8.58. The molecule has 0 heterocycles. The molecule has 0 bridgehead atoms. The van der Waals surface area contributed by atoms with Crippen LogP contribution in [-0.4, -0.2) is 41.6 Å². The topological polar surface area (TPSA) is 91.2 Å². The van der Waals surface area contributed by atoms with Crippen molar-refractivity contribution in [2.24, 2.45) is 0 Å². The lowest BCUT2D eigenvalue weighted by molar-refractivity contribution is 0.0890. The van der Waals surface area contributed by atoms with E-state index in [1.165, 1.54) is 6.07 Å². The van der Waals surface area contributed by atoms with Crippen LogP contribution < -0.4 is 10.1 Å². The van der Waals surface area contributed by atoms with Gasteiger partial charge in [-0.3, -0.25) is 0 Å². The summed E-state index contributed by atoms with van der Waals surface area (Å²) >= 11 is 12.3. The molecule has 0 radical (unpaired) electrons. The van der Waals surface area contributed by atoms with Crippen molar-refractivity contribution in [1.29, 1.82) is 0 Å². The average Bonchev–Trinajstić information content (AvgIpc) is 2.84. The van der Waals surface area contributed by atoms with Gasteiger partial charge in [0.1, 0.15) is 18.1 Å². The van der Waals surface area contributed by atoms with Crippen LogP contribution in [0.25, 0.3) is 0 Å². The Balaban J connectivity index is 1.32. The van der Waals surface area contributed by atoms with Gasteiger partial charge in [-0.1, -0.05) is 47.5 Å². The molecule has 0 fully saturated rings. The fraction of sp³-hybridized carbons (Fsp3) is 0.308. The third kappa shape index (κ3) is 7.87. The summed E-state index contributed by atoms with van der Waals surface area (Å²) in [6.07, 6.45) is 0.0736. The molecular weight excluding hydrogens is 477 g/mol. The zero-order valence-electron chi connectivity index (χ0n) is 18.7. The predicted octanol–water partition coefficient (Wildman–Crippen LogP) is 4.65. The highest BCUT2D eigenvalue weighted by atomic mass is 35.5. The summed E-state index contributed by atoms with van der Waals surface area (Å²) in [7, 11) is 0. The molecule has 0 aliphatic carbocycles. The van der Waals surface area contributed by atoms with Gasteiger partial charge in [0.05, 0.1) is 25.9 Å². The Hall–Kier alpha value is -2.32. The fourth-order valence-corrected chi connectivity index (χ4v) is 3.85. The van der Waals surface area contributed by atoms with Crippen LogP contribution in [0.2, 0.25) is 10.0 Å². The van der Waals surface area contributed by atoms with E-state index in [1.807, 2.05) is 24.3 Å². The first-order chi connectivity index (χ1) is 16.5. The lowest BCUT2D eigenvalue weighted by Gasteiger charge is -2.14. The molecule has 4 N–H and O–H groups in total. The van der Waals surface area contributed by atoms with E-state index in [4.69, 9.17) is 32.7 Å². The molecule has 0 aliphatic rings. The number of hydrogen-bond acceptors (Lipinski definition) is 6. The molecule has 0 unspecified atom stereocenters. The second kappa shape index (κ2) is 13.5. The van der Waals surface area contributed by atoms with E-state index < -0.39 is 6.10 Å². The zero-order valence-corrected chi connectivity index (χ0v) is 20.2. The van der Waals surface area contributed by atoms with Crippen molar-refractivity contribution in [1.82, 2.24) is 5.32 Å². The Labute approximate surface area is 209 Å². The Morgan fingerprint density at radius 3 is 2.38 bits per heavy atom. The molecule has 3 aromatic carbocycles. The van der Waals surface area contributed by atoms with Gasteiger partial charge >= 0.3 is 0 Å². The first-order valence-corrected chi connectivity index (χ1v) is 11.8. The molecule has 1 atom stereocenters. The molecule has 0 amide bonds. The van der Waals surface area contributed by atoms with Crippen molar-refractivity contribution in [3.63, 3.8) is 0 Å². The van der Waals surface area contributed by atoms with Crippen molar-refractivity contribution >= 4 is 23.2 Å². The maximum absolute atomic E-state index is 10.3. The number of nitrogens with one attached hydrogen (secondary N) is 1. The SMILES string of the molecule is OCc1cc([C@@H](O)CNCCc2ccc(OCCOCc3c(Cl)cccc3Cl)cc2)ccc1O. The van der Waals surface area contributed by atoms with Crippen molar-refractivity contribution < 1.29 is 24.8 Å². The number of ether oxygens (including phenoxy) is 2. The third-order valence-corrected chi connectivity index (χ3v) is 6.02. The summed E-state index contributed by atoms with van der Waals surface area (Å²) in [5.74, 6) is 0.784. The minimum absolute atomic E-state index is 0.0216. The highest BCUT2D eigenvalue weighted by molar-refractivity contribution is 6.35. The van der Waals surface area contributed by atoms with E-state index in [-0.39, 0.29) is 12.4 Å². The van der Waals surface area contributed by atoms with Gasteiger partial charge in [-0.25, -0.2) is 0 Å². The largest absolute Gasteiger partial charge is 0.508 e. The van der Waals surface area contributed by atoms with Gasteiger partial charge in [0.15, 0.2) is 0 Å². The molecule has 0 aromatic heterocycles. The maximum atomic E-state index is 10.3. The zero-order chi connectivity index (χ0) is 24.3. The highest BCUT2D eigenvalue weighted by Gasteiger charge is 2.10. The van der Waals surface area contributed by atoms with Gasteiger partial charge in [0, 0.05) is 27.7 Å². The Morgan fingerprint density at radius 1 is 0.941 bits per heavy atom. The molecule has 3 rings (SSSR count). The number of phenols is 1. The van der Waals surface area contributed by atoms with Crippen LogP contribution in [0.15, 0.2) is 60.7 Å². The maximum Gasteiger partial charge on any atom is 0.121 e. The molecule has 0 aliphatic heterocycles. The van der Waals surface area contributed by atoms with Gasteiger partial charge in [0.25, 0.3) is 0 Å². The van der Waals surface area contributed by atoms with E-state index in [0.29, 0.717) is 54.1 Å². The van der Waals surface area contributed by atoms with Crippen LogP contribution in [0.4, 0.5) is 0 Å². The van der Waals surface area contributed by atoms with Crippen LogP contribution in [0.5, 0.6) is 11.5 Å². The number of halogens is 2. The number of hydrogen-bond donors (Lipinski definition) is 4. The summed E-state index contributed by atoms with van der Waals surface area (Å²) in [4.78, 5) is 0. The van der Waals surface area contributed by atoms with Gasteiger partial charge in [0.2, 0.25) is 0 Å². The van der Waals surface area contributed by atoms with E-state index in [1.54, 1.807) is 30.3 Å². The molecule has 6 nitrogen and oxygen atoms in total. The van der Waals surface area contributed by atoms with E-state index >= 15 is 0 Å². The molecule has 0 saturated carbocycles. The summed E-state index contributed by atoms with van der Waals surface area (Å²) in [6.45, 7) is 1.95. The number of rotatable bonds is 13. The van der Waals surface area contributed by atoms with E-state index in [9.17, 15) is 15.3 Å². The van der Waals surface area contributed by atoms with Crippen molar-refractivity contribution in [3.8, 4) is 11.5 Å². The minimum Gasteiger partial charge on any atom is -0.508 e. The number of aliphatic hydroxyl groups is 2. The Morgan fingerprint density at radius 2 is 1.68 bits per heavy atom. The predicted molar refractivity (Wildman–Crippen MR) is 134 cm³/mol. The number of benzene rings is 3. The molecule has 34 heavy (non-hydrogen) atoms. The summed E-state index contributed by atoms with van der Waals surface area (Å²) < 4.78 is 11.3. The van der Waals surface area contributed by atoms with Gasteiger partial charge in [-0.15, -0.1) is 0 Å². The highest BCUT2D eigenvalue weighted by Crippen LogP contribution is 2.25. The molecule has 0 saturated heterocycles. The van der Waals surface area contributed by atoms with Crippen LogP contribution in [0.3, 0.4) is 0 Å². The van der Waals surface area contributed by atoms with Gasteiger partial charge in [-0.2, -0.15) is 0 Å². The smallest absolute Gasteiger partial charge is 0.121 e. The lowest BCUT2D eigenvalue weighted by atomic mass is 10.1. The molecule has 0 spiro atoms. The number of aliphatic hydroxyl groups excluding tert-OH is 2. The van der Waals surface area contributed by atoms with Gasteiger partial charge < -0.3 is 30.1 Å². The van der Waals surface area contributed by atoms with E-state index in [0.717, 1.165) is 23.3 Å². The average molecular weight is 506 g/mol. The third-order valence-electron chi connectivity index (χ3n) is 5.31. The molecule has 182 valence electrons. The Kier molecular flexibility index (Phi) is 10.5. The molecule has 3 aromatic rings. The van der Waals surface area contributed by atoms with E-state index in [2.05, 4.69) is 5.32 Å². The Bertz CT molecular complexity index is 1030. The summed E-state index contributed by atoms with van der Waals surface area (Å²) in [6, 6.07) is 18.0.